The fraction of sp³-hybridized carbons (Fsp3) is 0.400. The van der Waals surface area contributed by atoms with Crippen molar-refractivity contribution in [3.63, 3.8) is 0 Å². The Kier molecular flexibility index (Phi) is 3.86. The third-order valence-electron chi connectivity index (χ3n) is 4.97. The molecule has 0 aliphatic heterocycles. The zero-order valence-electron chi connectivity index (χ0n) is 13.0. The summed E-state index contributed by atoms with van der Waals surface area (Å²) in [6.45, 7) is 4.38. The number of hydrogen-bond acceptors (Lipinski definition) is 1. The average molecular weight is 280 g/mol. The number of benzene rings is 2. The number of rotatable bonds is 5. The van der Waals surface area contributed by atoms with Gasteiger partial charge in [-0.1, -0.05) is 62.4 Å². The van der Waals surface area contributed by atoms with Gasteiger partial charge in [0.15, 0.2) is 0 Å². The first kappa shape index (κ1) is 14.3. The predicted octanol–water partition coefficient (Wildman–Crippen LogP) is 4.58. The topological polar surface area (TPSA) is 20.2 Å². The lowest BCUT2D eigenvalue weighted by Crippen LogP contribution is -2.18. The number of aliphatic hydroxyl groups excluding tert-OH is 1. The lowest BCUT2D eigenvalue weighted by atomic mass is 9.85. The molecular weight excluding hydrogens is 256 g/mol. The highest BCUT2D eigenvalue weighted by atomic mass is 16.3. The molecule has 1 saturated carbocycles. The van der Waals surface area contributed by atoms with Crippen LogP contribution < -0.4 is 0 Å². The normalized spacial score (nSPS) is 17.5. The highest BCUT2D eigenvalue weighted by Gasteiger charge is 2.50. The van der Waals surface area contributed by atoms with E-state index in [2.05, 4.69) is 56.3 Å². The summed E-state index contributed by atoms with van der Waals surface area (Å²) in [6.07, 6.45) is 3.85. The fourth-order valence-electron chi connectivity index (χ4n) is 3.43. The van der Waals surface area contributed by atoms with Crippen molar-refractivity contribution in [3.8, 4) is 0 Å². The van der Waals surface area contributed by atoms with Crippen molar-refractivity contribution in [3.05, 3.63) is 70.8 Å². The molecule has 1 atom stereocenters. The Balaban J connectivity index is 1.94. The second-order valence-electron chi connectivity index (χ2n) is 6.16. The zero-order chi connectivity index (χ0) is 14.9. The van der Waals surface area contributed by atoms with Gasteiger partial charge in [0, 0.05) is 5.41 Å². The molecule has 2 aromatic carbocycles. The van der Waals surface area contributed by atoms with Crippen LogP contribution in [0.15, 0.2) is 48.5 Å². The quantitative estimate of drug-likeness (QED) is 0.850. The van der Waals surface area contributed by atoms with Crippen LogP contribution in [0.4, 0.5) is 0 Å². The number of aliphatic hydroxyl groups is 1. The molecule has 2 aromatic rings. The molecule has 110 valence electrons. The van der Waals surface area contributed by atoms with E-state index in [0.29, 0.717) is 0 Å². The first-order valence-corrected chi connectivity index (χ1v) is 8.06. The second-order valence-corrected chi connectivity index (χ2v) is 6.16. The van der Waals surface area contributed by atoms with E-state index >= 15 is 0 Å². The Hall–Kier alpha value is -1.60. The van der Waals surface area contributed by atoms with Crippen LogP contribution in [0.5, 0.6) is 0 Å². The summed E-state index contributed by atoms with van der Waals surface area (Å²) in [5.74, 6) is 0. The van der Waals surface area contributed by atoms with E-state index in [1.807, 2.05) is 6.07 Å². The molecule has 0 heterocycles. The molecule has 1 heteroatoms. The highest BCUT2D eigenvalue weighted by Crippen LogP contribution is 2.56. The molecule has 21 heavy (non-hydrogen) atoms. The van der Waals surface area contributed by atoms with Crippen LogP contribution in [0.1, 0.15) is 55.0 Å². The van der Waals surface area contributed by atoms with E-state index < -0.39 is 6.10 Å². The van der Waals surface area contributed by atoms with Gasteiger partial charge in [-0.25, -0.2) is 0 Å². The number of aryl methyl sites for hydroxylation is 2. The van der Waals surface area contributed by atoms with Gasteiger partial charge in [-0.2, -0.15) is 0 Å². The summed E-state index contributed by atoms with van der Waals surface area (Å²) in [5, 5.41) is 10.9. The van der Waals surface area contributed by atoms with Crippen molar-refractivity contribution in [1.82, 2.24) is 0 Å². The van der Waals surface area contributed by atoms with Gasteiger partial charge in [-0.15, -0.1) is 0 Å². The van der Waals surface area contributed by atoms with Gasteiger partial charge in [0.25, 0.3) is 0 Å². The SMILES string of the molecule is CCc1ccc(C(O)C2(c3ccccc3)CC2)cc1CC. The minimum atomic E-state index is -0.392. The zero-order valence-corrected chi connectivity index (χ0v) is 13.0. The van der Waals surface area contributed by atoms with Crippen LogP contribution in [-0.2, 0) is 18.3 Å². The van der Waals surface area contributed by atoms with Crippen molar-refractivity contribution in [2.45, 2.75) is 51.0 Å². The third-order valence-corrected chi connectivity index (χ3v) is 4.97. The van der Waals surface area contributed by atoms with E-state index in [9.17, 15) is 5.11 Å². The fourth-order valence-corrected chi connectivity index (χ4v) is 3.43. The molecule has 1 aliphatic rings. The van der Waals surface area contributed by atoms with Crippen molar-refractivity contribution in [2.24, 2.45) is 0 Å². The minimum Gasteiger partial charge on any atom is -0.387 e. The number of hydrogen-bond donors (Lipinski definition) is 1. The summed E-state index contributed by atoms with van der Waals surface area (Å²) in [7, 11) is 0. The van der Waals surface area contributed by atoms with E-state index in [-0.39, 0.29) is 5.41 Å². The Labute approximate surface area is 127 Å². The molecule has 1 nitrogen and oxygen atoms in total. The molecule has 0 aromatic heterocycles. The van der Waals surface area contributed by atoms with E-state index in [4.69, 9.17) is 0 Å². The van der Waals surface area contributed by atoms with Crippen molar-refractivity contribution in [2.75, 3.05) is 0 Å². The maximum atomic E-state index is 10.9. The maximum Gasteiger partial charge on any atom is 0.0886 e. The highest BCUT2D eigenvalue weighted by molar-refractivity contribution is 5.40. The Morgan fingerprint density at radius 2 is 1.62 bits per heavy atom. The largest absolute Gasteiger partial charge is 0.387 e. The monoisotopic (exact) mass is 280 g/mol. The molecule has 3 rings (SSSR count). The van der Waals surface area contributed by atoms with E-state index in [1.54, 1.807) is 0 Å². The van der Waals surface area contributed by atoms with Gasteiger partial charge in [-0.05, 0) is 47.9 Å². The van der Waals surface area contributed by atoms with Gasteiger partial charge in [0.2, 0.25) is 0 Å². The van der Waals surface area contributed by atoms with Gasteiger partial charge in [-0.3, -0.25) is 0 Å². The summed E-state index contributed by atoms with van der Waals surface area (Å²) in [4.78, 5) is 0. The Bertz CT molecular complexity index is 611. The van der Waals surface area contributed by atoms with Crippen molar-refractivity contribution < 1.29 is 5.11 Å². The molecule has 0 bridgehead atoms. The standard InChI is InChI=1S/C20H24O/c1-3-15-10-11-17(14-16(15)4-2)19(21)20(12-13-20)18-8-6-5-7-9-18/h5-11,14,19,21H,3-4,12-13H2,1-2H3. The Morgan fingerprint density at radius 1 is 0.952 bits per heavy atom. The van der Waals surface area contributed by atoms with Crippen LogP contribution in [0.2, 0.25) is 0 Å². The van der Waals surface area contributed by atoms with Crippen LogP contribution in [-0.4, -0.2) is 5.11 Å². The molecule has 0 spiro atoms. The molecule has 1 fully saturated rings. The predicted molar refractivity (Wildman–Crippen MR) is 87.5 cm³/mol. The lowest BCUT2D eigenvalue weighted by molar-refractivity contribution is 0.133. The van der Waals surface area contributed by atoms with Gasteiger partial charge < -0.3 is 5.11 Å². The average Bonchev–Trinajstić information content (AvgIpc) is 3.36. The van der Waals surface area contributed by atoms with Crippen LogP contribution in [0.3, 0.4) is 0 Å². The van der Waals surface area contributed by atoms with Crippen molar-refractivity contribution in [1.29, 1.82) is 0 Å². The summed E-state index contributed by atoms with van der Waals surface area (Å²) in [6, 6.07) is 17.0. The van der Waals surface area contributed by atoms with Crippen LogP contribution >= 0.6 is 0 Å². The van der Waals surface area contributed by atoms with E-state index in [1.165, 1.54) is 16.7 Å². The van der Waals surface area contributed by atoms with E-state index in [0.717, 1.165) is 31.2 Å². The molecule has 1 N–H and O–H groups in total. The molecule has 1 aliphatic carbocycles. The van der Waals surface area contributed by atoms with Crippen LogP contribution in [0, 0.1) is 0 Å². The molecule has 0 radical (unpaired) electrons. The summed E-state index contributed by atoms with van der Waals surface area (Å²) in [5.41, 5.74) is 5.07. The molecule has 0 saturated heterocycles. The van der Waals surface area contributed by atoms with Gasteiger partial charge in [0.05, 0.1) is 6.10 Å². The second kappa shape index (κ2) is 5.65. The molecule has 1 unspecified atom stereocenters. The summed E-state index contributed by atoms with van der Waals surface area (Å²) >= 11 is 0. The summed E-state index contributed by atoms with van der Waals surface area (Å²) < 4.78 is 0. The van der Waals surface area contributed by atoms with Gasteiger partial charge >= 0.3 is 0 Å². The smallest absolute Gasteiger partial charge is 0.0886 e. The lowest BCUT2D eigenvalue weighted by Gasteiger charge is -2.24. The molecular formula is C20H24O. The first-order chi connectivity index (χ1) is 10.2. The molecule has 0 amide bonds. The van der Waals surface area contributed by atoms with Crippen molar-refractivity contribution >= 4 is 0 Å². The first-order valence-electron chi connectivity index (χ1n) is 8.06. The minimum absolute atomic E-state index is 0.0556. The third kappa shape index (κ3) is 2.51. The maximum absolute atomic E-state index is 10.9. The Morgan fingerprint density at radius 3 is 2.19 bits per heavy atom. The van der Waals surface area contributed by atoms with Gasteiger partial charge in [0.1, 0.15) is 0 Å². The van der Waals surface area contributed by atoms with Crippen LogP contribution in [0.25, 0.3) is 0 Å².